The maximum atomic E-state index is 12.2. The SMILES string of the molecule is CCC1CCN(C(=O)OCc2ccccc2)C1C(=O)OC. The third-order valence-electron chi connectivity index (χ3n) is 3.93. The monoisotopic (exact) mass is 291 g/mol. The fourth-order valence-corrected chi connectivity index (χ4v) is 2.73. The highest BCUT2D eigenvalue weighted by atomic mass is 16.6. The third-order valence-corrected chi connectivity index (χ3v) is 3.93. The van der Waals surface area contributed by atoms with Crippen LogP contribution in [0.5, 0.6) is 0 Å². The zero-order valence-electron chi connectivity index (χ0n) is 12.5. The number of esters is 1. The Bertz CT molecular complexity index is 488. The number of rotatable bonds is 4. The molecule has 1 fully saturated rings. The van der Waals surface area contributed by atoms with E-state index in [9.17, 15) is 9.59 Å². The molecule has 0 bridgehead atoms. The first kappa shape index (κ1) is 15.4. The summed E-state index contributed by atoms with van der Waals surface area (Å²) in [4.78, 5) is 25.6. The molecular formula is C16H21NO4. The molecule has 0 radical (unpaired) electrons. The van der Waals surface area contributed by atoms with Gasteiger partial charge in [0.1, 0.15) is 12.6 Å². The fourth-order valence-electron chi connectivity index (χ4n) is 2.73. The second-order valence-electron chi connectivity index (χ2n) is 5.16. The highest BCUT2D eigenvalue weighted by Gasteiger charge is 2.42. The highest BCUT2D eigenvalue weighted by molar-refractivity contribution is 5.82. The Morgan fingerprint density at radius 1 is 1.29 bits per heavy atom. The minimum Gasteiger partial charge on any atom is -0.467 e. The largest absolute Gasteiger partial charge is 0.467 e. The number of amides is 1. The predicted octanol–water partition coefficient (Wildman–Crippen LogP) is 2.60. The van der Waals surface area contributed by atoms with Gasteiger partial charge in [-0.15, -0.1) is 0 Å². The van der Waals surface area contributed by atoms with Gasteiger partial charge in [-0.3, -0.25) is 4.90 Å². The second kappa shape index (κ2) is 7.11. The molecular weight excluding hydrogens is 270 g/mol. The van der Waals surface area contributed by atoms with Gasteiger partial charge < -0.3 is 9.47 Å². The van der Waals surface area contributed by atoms with Crippen LogP contribution in [0.15, 0.2) is 30.3 Å². The van der Waals surface area contributed by atoms with E-state index in [1.807, 2.05) is 37.3 Å². The molecule has 5 heteroatoms. The standard InChI is InChI=1S/C16H21NO4/c1-3-13-9-10-17(14(13)15(18)20-2)16(19)21-11-12-7-5-4-6-8-12/h4-8,13-14H,3,9-11H2,1-2H3. The number of hydrogen-bond acceptors (Lipinski definition) is 4. The lowest BCUT2D eigenvalue weighted by Gasteiger charge is -2.24. The van der Waals surface area contributed by atoms with E-state index in [-0.39, 0.29) is 18.5 Å². The van der Waals surface area contributed by atoms with Gasteiger partial charge in [-0.05, 0) is 17.9 Å². The van der Waals surface area contributed by atoms with Crippen molar-refractivity contribution in [2.24, 2.45) is 5.92 Å². The summed E-state index contributed by atoms with van der Waals surface area (Å²) in [5.74, 6) is -0.224. The summed E-state index contributed by atoms with van der Waals surface area (Å²) in [5, 5.41) is 0. The van der Waals surface area contributed by atoms with Crippen molar-refractivity contribution < 1.29 is 19.1 Å². The van der Waals surface area contributed by atoms with Gasteiger partial charge in [-0.25, -0.2) is 9.59 Å². The van der Waals surface area contributed by atoms with E-state index < -0.39 is 12.1 Å². The predicted molar refractivity (Wildman–Crippen MR) is 77.5 cm³/mol. The van der Waals surface area contributed by atoms with E-state index in [1.54, 1.807) is 0 Å². The van der Waals surface area contributed by atoms with Crippen molar-refractivity contribution in [1.29, 1.82) is 0 Å². The van der Waals surface area contributed by atoms with Gasteiger partial charge in [-0.1, -0.05) is 43.7 Å². The van der Waals surface area contributed by atoms with E-state index in [0.717, 1.165) is 18.4 Å². The van der Waals surface area contributed by atoms with Crippen molar-refractivity contribution in [3.63, 3.8) is 0 Å². The summed E-state index contributed by atoms with van der Waals surface area (Å²) in [7, 11) is 1.35. The van der Waals surface area contributed by atoms with Crippen LogP contribution in [0.4, 0.5) is 4.79 Å². The number of hydrogen-bond donors (Lipinski definition) is 0. The molecule has 0 aliphatic carbocycles. The Morgan fingerprint density at radius 2 is 2.00 bits per heavy atom. The molecule has 0 spiro atoms. The van der Waals surface area contributed by atoms with Crippen LogP contribution in [0, 0.1) is 5.92 Å². The van der Waals surface area contributed by atoms with Gasteiger partial charge in [0.2, 0.25) is 0 Å². The Morgan fingerprint density at radius 3 is 2.62 bits per heavy atom. The molecule has 0 saturated carbocycles. The van der Waals surface area contributed by atoms with Crippen molar-refractivity contribution in [2.75, 3.05) is 13.7 Å². The average molecular weight is 291 g/mol. The van der Waals surface area contributed by atoms with E-state index >= 15 is 0 Å². The number of carbonyl (C=O) groups excluding carboxylic acids is 2. The Kier molecular flexibility index (Phi) is 5.20. The molecule has 1 aromatic carbocycles. The lowest BCUT2D eigenvalue weighted by molar-refractivity contribution is -0.146. The van der Waals surface area contributed by atoms with Crippen LogP contribution in [-0.2, 0) is 20.9 Å². The smallest absolute Gasteiger partial charge is 0.410 e. The highest BCUT2D eigenvalue weighted by Crippen LogP contribution is 2.28. The van der Waals surface area contributed by atoms with Gasteiger partial charge >= 0.3 is 12.1 Å². The molecule has 5 nitrogen and oxygen atoms in total. The van der Waals surface area contributed by atoms with Gasteiger partial charge in [0.25, 0.3) is 0 Å². The first-order chi connectivity index (χ1) is 10.2. The molecule has 0 aromatic heterocycles. The lowest BCUT2D eigenvalue weighted by atomic mass is 9.98. The quantitative estimate of drug-likeness (QED) is 0.800. The van der Waals surface area contributed by atoms with Gasteiger partial charge in [0.05, 0.1) is 7.11 Å². The van der Waals surface area contributed by atoms with Crippen LogP contribution in [0.3, 0.4) is 0 Å². The average Bonchev–Trinajstić information content (AvgIpc) is 2.96. The van der Waals surface area contributed by atoms with Gasteiger partial charge in [0.15, 0.2) is 0 Å². The first-order valence-corrected chi connectivity index (χ1v) is 7.22. The zero-order valence-corrected chi connectivity index (χ0v) is 12.5. The van der Waals surface area contributed by atoms with E-state index in [2.05, 4.69) is 0 Å². The first-order valence-electron chi connectivity index (χ1n) is 7.22. The summed E-state index contributed by atoms with van der Waals surface area (Å²) < 4.78 is 10.1. The van der Waals surface area contributed by atoms with Crippen molar-refractivity contribution in [3.8, 4) is 0 Å². The molecule has 2 atom stereocenters. The molecule has 2 unspecified atom stereocenters. The van der Waals surface area contributed by atoms with Crippen molar-refractivity contribution in [2.45, 2.75) is 32.4 Å². The van der Waals surface area contributed by atoms with Crippen molar-refractivity contribution in [3.05, 3.63) is 35.9 Å². The number of nitrogens with zero attached hydrogens (tertiary/aromatic N) is 1. The van der Waals surface area contributed by atoms with E-state index in [4.69, 9.17) is 9.47 Å². The zero-order chi connectivity index (χ0) is 15.2. The van der Waals surface area contributed by atoms with E-state index in [1.165, 1.54) is 12.0 Å². The van der Waals surface area contributed by atoms with Crippen molar-refractivity contribution >= 4 is 12.1 Å². The molecule has 1 amide bonds. The van der Waals surface area contributed by atoms with Crippen molar-refractivity contribution in [1.82, 2.24) is 4.90 Å². The number of carbonyl (C=O) groups is 2. The van der Waals surface area contributed by atoms with Crippen LogP contribution in [0.2, 0.25) is 0 Å². The number of benzene rings is 1. The molecule has 1 aliphatic rings. The molecule has 1 heterocycles. The van der Waals surface area contributed by atoms with Gasteiger partial charge in [0, 0.05) is 6.54 Å². The molecule has 1 saturated heterocycles. The van der Waals surface area contributed by atoms with Crippen LogP contribution in [0.25, 0.3) is 0 Å². The summed E-state index contributed by atoms with van der Waals surface area (Å²) in [6, 6.07) is 8.95. The molecule has 114 valence electrons. The van der Waals surface area contributed by atoms with Crippen LogP contribution < -0.4 is 0 Å². The molecule has 1 aliphatic heterocycles. The molecule has 0 N–H and O–H groups in total. The molecule has 1 aromatic rings. The van der Waals surface area contributed by atoms with E-state index in [0.29, 0.717) is 6.54 Å². The summed E-state index contributed by atoms with van der Waals surface area (Å²) in [6.07, 6.45) is 1.18. The number of likely N-dealkylation sites (tertiary alicyclic amines) is 1. The topological polar surface area (TPSA) is 55.8 Å². The summed E-state index contributed by atoms with van der Waals surface area (Å²) in [6.45, 7) is 2.76. The lowest BCUT2D eigenvalue weighted by Crippen LogP contribution is -2.44. The third kappa shape index (κ3) is 3.54. The maximum Gasteiger partial charge on any atom is 0.410 e. The minimum absolute atomic E-state index is 0.140. The summed E-state index contributed by atoms with van der Waals surface area (Å²) in [5.41, 5.74) is 0.923. The maximum absolute atomic E-state index is 12.2. The Labute approximate surface area is 124 Å². The second-order valence-corrected chi connectivity index (χ2v) is 5.16. The Hall–Kier alpha value is -2.04. The fraction of sp³-hybridized carbons (Fsp3) is 0.500. The van der Waals surface area contributed by atoms with Crippen LogP contribution in [-0.4, -0.2) is 36.7 Å². The van der Waals surface area contributed by atoms with Crippen LogP contribution >= 0.6 is 0 Å². The normalized spacial score (nSPS) is 21.1. The van der Waals surface area contributed by atoms with Gasteiger partial charge in [-0.2, -0.15) is 0 Å². The minimum atomic E-state index is -0.525. The summed E-state index contributed by atoms with van der Waals surface area (Å²) >= 11 is 0. The van der Waals surface area contributed by atoms with Crippen LogP contribution in [0.1, 0.15) is 25.3 Å². The number of methoxy groups -OCH3 is 1. The molecule has 2 rings (SSSR count). The number of ether oxygens (including phenoxy) is 2. The molecule has 21 heavy (non-hydrogen) atoms. The Balaban J connectivity index is 1.99.